The molecule has 0 aromatic rings. The summed E-state index contributed by atoms with van der Waals surface area (Å²) >= 11 is 0. The fourth-order valence-electron chi connectivity index (χ4n) is 0.614. The summed E-state index contributed by atoms with van der Waals surface area (Å²) in [5, 5.41) is 0. The van der Waals surface area contributed by atoms with Gasteiger partial charge in [0.25, 0.3) is 0 Å². The van der Waals surface area contributed by atoms with Crippen molar-refractivity contribution in [1.82, 2.24) is 0 Å². The lowest BCUT2D eigenvalue weighted by atomic mass is 10.0. The van der Waals surface area contributed by atoms with Crippen molar-refractivity contribution in [3.05, 3.63) is 12.7 Å². The molecule has 0 rings (SSSR count). The van der Waals surface area contributed by atoms with E-state index >= 15 is 0 Å². The molecule has 0 aliphatic carbocycles. The third kappa shape index (κ3) is 1.85. The van der Waals surface area contributed by atoms with E-state index in [9.17, 15) is 30.7 Å². The molecule has 0 aliphatic rings. The van der Waals surface area contributed by atoms with E-state index in [0.29, 0.717) is 0 Å². The monoisotopic (exact) mass is 224 g/mol. The smallest absolute Gasteiger partial charge is 0.236 e. The minimum Gasteiger partial charge on any atom is -0.236 e. The predicted octanol–water partition coefficient (Wildman–Crippen LogP) is 3.44. The molecule has 0 radical (unpaired) electrons. The van der Waals surface area contributed by atoms with Gasteiger partial charge in [-0.2, -0.15) is 26.3 Å². The molecule has 0 aromatic carbocycles. The molecule has 0 N–H and O–H groups in total. The Bertz CT molecular complexity index is 215. The van der Waals surface area contributed by atoms with E-state index in [2.05, 4.69) is 6.58 Å². The van der Waals surface area contributed by atoms with Crippen molar-refractivity contribution >= 4 is 0 Å². The lowest BCUT2D eigenvalue weighted by molar-refractivity contribution is -0.314. The molecule has 14 heavy (non-hydrogen) atoms. The van der Waals surface area contributed by atoms with Gasteiger partial charge in [-0.15, -0.1) is 0 Å². The van der Waals surface area contributed by atoms with Gasteiger partial charge in [-0.25, -0.2) is 4.39 Å². The number of hydrogen-bond donors (Lipinski definition) is 0. The van der Waals surface area contributed by atoms with Crippen molar-refractivity contribution in [2.75, 3.05) is 0 Å². The second-order valence-corrected chi connectivity index (χ2v) is 2.72. The maximum atomic E-state index is 12.4. The summed E-state index contributed by atoms with van der Waals surface area (Å²) in [7, 11) is 0. The highest BCUT2D eigenvalue weighted by Crippen LogP contribution is 2.47. The van der Waals surface area contributed by atoms with Crippen LogP contribution in [0.2, 0.25) is 0 Å². The third-order valence-electron chi connectivity index (χ3n) is 1.52. The average molecular weight is 224 g/mol. The van der Waals surface area contributed by atoms with Crippen molar-refractivity contribution in [3.8, 4) is 0 Å². The number of alkyl halides is 7. The van der Waals surface area contributed by atoms with Crippen molar-refractivity contribution < 1.29 is 30.7 Å². The van der Waals surface area contributed by atoms with Crippen LogP contribution < -0.4 is 0 Å². The number of hydrogen-bond acceptors (Lipinski definition) is 0. The Kier molecular flexibility index (Phi) is 3.25. The standard InChI is InChI=1S/C7H7F7/c1-3-4(8)6(11,12)7(13,14)5(2,9)10/h3-4H,1H2,2H3. The summed E-state index contributed by atoms with van der Waals surface area (Å²) in [6, 6.07) is 0. The highest BCUT2D eigenvalue weighted by Gasteiger charge is 2.72. The molecule has 1 atom stereocenters. The predicted molar refractivity (Wildman–Crippen MR) is 35.6 cm³/mol. The molecular weight excluding hydrogens is 217 g/mol. The zero-order valence-corrected chi connectivity index (χ0v) is 7.01. The molecule has 1 unspecified atom stereocenters. The summed E-state index contributed by atoms with van der Waals surface area (Å²) in [5.74, 6) is -16.2. The zero-order chi connectivity index (χ0) is 11.8. The highest BCUT2D eigenvalue weighted by atomic mass is 19.3. The summed E-state index contributed by atoms with van der Waals surface area (Å²) in [4.78, 5) is 0. The lowest BCUT2D eigenvalue weighted by Gasteiger charge is -2.31. The third-order valence-corrected chi connectivity index (χ3v) is 1.52. The van der Waals surface area contributed by atoms with Crippen LogP contribution in [-0.2, 0) is 0 Å². The van der Waals surface area contributed by atoms with Gasteiger partial charge in [-0.3, -0.25) is 0 Å². The zero-order valence-electron chi connectivity index (χ0n) is 7.01. The highest BCUT2D eigenvalue weighted by molar-refractivity contribution is 5.03. The van der Waals surface area contributed by atoms with Gasteiger partial charge in [0.05, 0.1) is 0 Å². The van der Waals surface area contributed by atoms with Gasteiger partial charge in [0.1, 0.15) is 0 Å². The molecule has 0 saturated heterocycles. The molecule has 0 fully saturated rings. The Labute approximate surface area is 75.4 Å². The van der Waals surface area contributed by atoms with Crippen molar-refractivity contribution in [2.45, 2.75) is 30.9 Å². The maximum absolute atomic E-state index is 12.4. The van der Waals surface area contributed by atoms with E-state index in [4.69, 9.17) is 0 Å². The first-order chi connectivity index (χ1) is 5.98. The second kappa shape index (κ2) is 3.43. The van der Waals surface area contributed by atoms with Crippen LogP contribution in [0.15, 0.2) is 12.7 Å². The molecule has 0 aliphatic heterocycles. The van der Waals surface area contributed by atoms with Crippen LogP contribution in [0.25, 0.3) is 0 Å². The summed E-state index contributed by atoms with van der Waals surface area (Å²) in [6.07, 6.45) is -3.68. The number of allylic oxidation sites excluding steroid dienone is 1. The first-order valence-corrected chi connectivity index (χ1v) is 3.38. The Balaban J connectivity index is 5.17. The number of rotatable bonds is 4. The maximum Gasteiger partial charge on any atom is 0.374 e. The quantitative estimate of drug-likeness (QED) is 0.506. The van der Waals surface area contributed by atoms with Crippen LogP contribution in [0.3, 0.4) is 0 Å². The Morgan fingerprint density at radius 3 is 1.64 bits per heavy atom. The van der Waals surface area contributed by atoms with E-state index in [0.717, 1.165) is 0 Å². The van der Waals surface area contributed by atoms with Crippen LogP contribution >= 0.6 is 0 Å². The van der Waals surface area contributed by atoms with E-state index in [-0.39, 0.29) is 6.08 Å². The molecular formula is C7H7F7. The molecule has 7 heteroatoms. The Morgan fingerprint density at radius 2 is 1.43 bits per heavy atom. The molecule has 0 heterocycles. The molecule has 0 bridgehead atoms. The molecule has 0 saturated carbocycles. The minimum atomic E-state index is -5.76. The molecule has 0 nitrogen and oxygen atoms in total. The second-order valence-electron chi connectivity index (χ2n) is 2.72. The van der Waals surface area contributed by atoms with Gasteiger partial charge in [0, 0.05) is 6.92 Å². The Hall–Kier alpha value is -0.750. The van der Waals surface area contributed by atoms with Crippen LogP contribution in [0, 0.1) is 0 Å². The lowest BCUT2D eigenvalue weighted by Crippen LogP contribution is -2.56. The van der Waals surface area contributed by atoms with E-state index in [1.54, 1.807) is 0 Å². The molecule has 0 amide bonds. The van der Waals surface area contributed by atoms with E-state index in [1.807, 2.05) is 0 Å². The summed E-state index contributed by atoms with van der Waals surface area (Å²) < 4.78 is 85.9. The van der Waals surface area contributed by atoms with E-state index < -0.39 is 30.9 Å². The first kappa shape index (κ1) is 13.2. The molecule has 0 spiro atoms. The largest absolute Gasteiger partial charge is 0.374 e. The van der Waals surface area contributed by atoms with Gasteiger partial charge < -0.3 is 0 Å². The molecule has 84 valence electrons. The summed E-state index contributed by atoms with van der Waals surface area (Å²) in [6.45, 7) is 2.08. The van der Waals surface area contributed by atoms with Crippen LogP contribution in [0.4, 0.5) is 30.7 Å². The number of halogens is 7. The van der Waals surface area contributed by atoms with Gasteiger partial charge >= 0.3 is 17.8 Å². The van der Waals surface area contributed by atoms with Crippen molar-refractivity contribution in [1.29, 1.82) is 0 Å². The van der Waals surface area contributed by atoms with Gasteiger partial charge in [0.15, 0.2) is 6.17 Å². The van der Waals surface area contributed by atoms with Gasteiger partial charge in [-0.05, 0) is 0 Å². The van der Waals surface area contributed by atoms with Gasteiger partial charge in [-0.1, -0.05) is 12.7 Å². The van der Waals surface area contributed by atoms with Crippen LogP contribution in [-0.4, -0.2) is 23.9 Å². The topological polar surface area (TPSA) is 0 Å². The minimum absolute atomic E-state index is 0.153. The molecule has 0 aromatic heterocycles. The van der Waals surface area contributed by atoms with E-state index in [1.165, 1.54) is 0 Å². The van der Waals surface area contributed by atoms with Crippen LogP contribution in [0.1, 0.15) is 6.92 Å². The normalized spacial score (nSPS) is 16.6. The van der Waals surface area contributed by atoms with Gasteiger partial charge in [0.2, 0.25) is 0 Å². The SMILES string of the molecule is C=CC(F)C(F)(F)C(F)(F)C(C)(F)F. The fourth-order valence-corrected chi connectivity index (χ4v) is 0.614. The average Bonchev–Trinajstić information content (AvgIpc) is 2.00. The first-order valence-electron chi connectivity index (χ1n) is 3.38. The fraction of sp³-hybridized carbons (Fsp3) is 0.714. The van der Waals surface area contributed by atoms with Crippen molar-refractivity contribution in [3.63, 3.8) is 0 Å². The summed E-state index contributed by atoms with van der Waals surface area (Å²) in [5.41, 5.74) is 0. The Morgan fingerprint density at radius 1 is 1.07 bits per heavy atom. The van der Waals surface area contributed by atoms with Crippen molar-refractivity contribution in [2.24, 2.45) is 0 Å². The van der Waals surface area contributed by atoms with Crippen LogP contribution in [0.5, 0.6) is 0 Å².